The topological polar surface area (TPSA) is 29.9 Å². The number of nitrogens with one attached hydrogen (secondary N) is 1. The molecule has 0 radical (unpaired) electrons. The molecule has 1 aromatic heterocycles. The molecule has 0 saturated carbocycles. The Morgan fingerprint density at radius 2 is 2.33 bits per heavy atom. The van der Waals surface area contributed by atoms with E-state index in [9.17, 15) is 0 Å². The van der Waals surface area contributed by atoms with Crippen molar-refractivity contribution in [3.05, 3.63) is 45.3 Å². The van der Waals surface area contributed by atoms with Gasteiger partial charge >= 0.3 is 0 Å². The third kappa shape index (κ3) is 2.25. The van der Waals surface area contributed by atoms with Gasteiger partial charge in [0.25, 0.3) is 0 Å². The summed E-state index contributed by atoms with van der Waals surface area (Å²) in [6.07, 6.45) is 5.58. The average molecular weight is 353 g/mol. The van der Waals surface area contributed by atoms with Crippen molar-refractivity contribution in [3.8, 4) is 0 Å². The summed E-state index contributed by atoms with van der Waals surface area (Å²) < 4.78 is 3.28. The molecule has 0 spiro atoms. The number of anilines is 1. The van der Waals surface area contributed by atoms with Crippen molar-refractivity contribution in [1.29, 1.82) is 0 Å². The van der Waals surface area contributed by atoms with Gasteiger partial charge in [-0.3, -0.25) is 4.68 Å². The highest BCUT2D eigenvalue weighted by Gasteiger charge is 2.23. The van der Waals surface area contributed by atoms with Gasteiger partial charge in [0.15, 0.2) is 0 Å². The van der Waals surface area contributed by atoms with E-state index in [-0.39, 0.29) is 0 Å². The minimum absolute atomic E-state index is 0.403. The van der Waals surface area contributed by atoms with E-state index in [0.29, 0.717) is 6.04 Å². The first-order valence-electron chi connectivity index (χ1n) is 6.27. The first-order valence-corrected chi connectivity index (χ1v) is 7.35. The minimum Gasteiger partial charge on any atom is -0.378 e. The zero-order valence-corrected chi connectivity index (χ0v) is 12.5. The summed E-state index contributed by atoms with van der Waals surface area (Å²) in [6, 6.07) is 8.93. The van der Waals surface area contributed by atoms with Crippen LogP contribution in [0.15, 0.2) is 30.5 Å². The number of nitrogens with zero attached hydrogens (tertiary/aromatic N) is 2. The van der Waals surface area contributed by atoms with Crippen LogP contribution in [0.2, 0.25) is 0 Å². The van der Waals surface area contributed by atoms with E-state index in [1.807, 2.05) is 17.9 Å². The third-order valence-electron chi connectivity index (χ3n) is 3.54. The van der Waals surface area contributed by atoms with E-state index in [2.05, 4.69) is 57.3 Å². The molecular formula is C14H16IN3. The molecule has 1 unspecified atom stereocenters. The molecule has 1 heterocycles. The quantitative estimate of drug-likeness (QED) is 0.838. The van der Waals surface area contributed by atoms with Crippen molar-refractivity contribution >= 4 is 28.3 Å². The van der Waals surface area contributed by atoms with Crippen LogP contribution in [-0.4, -0.2) is 9.78 Å². The summed E-state index contributed by atoms with van der Waals surface area (Å²) >= 11 is 2.35. The summed E-state index contributed by atoms with van der Waals surface area (Å²) in [6.45, 7) is 0. The van der Waals surface area contributed by atoms with Gasteiger partial charge in [0.2, 0.25) is 0 Å². The molecule has 1 N–H and O–H groups in total. The molecule has 1 aliphatic rings. The Morgan fingerprint density at radius 3 is 3.17 bits per heavy atom. The standard InChI is InChI=1S/C14H16IN3/c1-18-14-7-3-6-13(12(14)9-16-18)17-11-5-2-4-10(15)8-11/h2,4-5,8-9,13,17H,3,6-7H2,1H3. The first kappa shape index (κ1) is 12.0. The zero-order valence-electron chi connectivity index (χ0n) is 10.4. The lowest BCUT2D eigenvalue weighted by atomic mass is 9.93. The van der Waals surface area contributed by atoms with Gasteiger partial charge in [-0.2, -0.15) is 5.10 Å². The van der Waals surface area contributed by atoms with Crippen LogP contribution in [0, 0.1) is 3.57 Å². The van der Waals surface area contributed by atoms with E-state index in [1.54, 1.807) is 0 Å². The highest BCUT2D eigenvalue weighted by atomic mass is 127. The van der Waals surface area contributed by atoms with E-state index in [0.717, 1.165) is 6.42 Å². The Balaban J connectivity index is 1.86. The second kappa shape index (κ2) is 4.91. The van der Waals surface area contributed by atoms with Gasteiger partial charge in [-0.05, 0) is 60.1 Å². The van der Waals surface area contributed by atoms with Crippen molar-refractivity contribution in [3.63, 3.8) is 0 Å². The number of aromatic nitrogens is 2. The van der Waals surface area contributed by atoms with E-state index in [4.69, 9.17) is 0 Å². The molecule has 0 fully saturated rings. The van der Waals surface area contributed by atoms with Gasteiger partial charge in [0.1, 0.15) is 0 Å². The van der Waals surface area contributed by atoms with Gasteiger partial charge in [-0.25, -0.2) is 0 Å². The summed E-state index contributed by atoms with van der Waals surface area (Å²) in [5.41, 5.74) is 3.94. The molecule has 2 aromatic rings. The van der Waals surface area contributed by atoms with Gasteiger partial charge in [0, 0.05) is 27.6 Å². The summed E-state index contributed by atoms with van der Waals surface area (Å²) in [5.74, 6) is 0. The van der Waals surface area contributed by atoms with Gasteiger partial charge < -0.3 is 5.32 Å². The number of benzene rings is 1. The van der Waals surface area contributed by atoms with Gasteiger partial charge in [-0.1, -0.05) is 6.07 Å². The zero-order chi connectivity index (χ0) is 12.5. The van der Waals surface area contributed by atoms with E-state index < -0.39 is 0 Å². The minimum atomic E-state index is 0.403. The summed E-state index contributed by atoms with van der Waals surface area (Å²) in [4.78, 5) is 0. The highest BCUT2D eigenvalue weighted by Crippen LogP contribution is 2.32. The smallest absolute Gasteiger partial charge is 0.0547 e. The molecule has 1 atom stereocenters. The Kier molecular flexibility index (Phi) is 3.28. The molecule has 18 heavy (non-hydrogen) atoms. The maximum absolute atomic E-state index is 4.38. The molecule has 1 aliphatic carbocycles. The van der Waals surface area contributed by atoms with Crippen LogP contribution in [0.25, 0.3) is 0 Å². The van der Waals surface area contributed by atoms with Crippen LogP contribution < -0.4 is 5.32 Å². The average Bonchev–Trinajstić information content (AvgIpc) is 2.73. The second-order valence-corrected chi connectivity index (χ2v) is 6.02. The number of rotatable bonds is 2. The first-order chi connectivity index (χ1) is 8.74. The molecule has 0 aliphatic heterocycles. The SMILES string of the molecule is Cn1ncc2c1CCCC2Nc1cccc(I)c1. The fraction of sp³-hybridized carbons (Fsp3) is 0.357. The summed E-state index contributed by atoms with van der Waals surface area (Å²) in [5, 5.41) is 8.02. The van der Waals surface area contributed by atoms with Crippen LogP contribution in [0.5, 0.6) is 0 Å². The molecular weight excluding hydrogens is 337 g/mol. The molecule has 4 heteroatoms. The predicted molar refractivity (Wildman–Crippen MR) is 81.7 cm³/mol. The van der Waals surface area contributed by atoms with Crippen molar-refractivity contribution < 1.29 is 0 Å². The van der Waals surface area contributed by atoms with Crippen LogP contribution in [-0.2, 0) is 13.5 Å². The van der Waals surface area contributed by atoms with Crippen LogP contribution in [0.1, 0.15) is 30.1 Å². The Morgan fingerprint density at radius 1 is 1.44 bits per heavy atom. The maximum atomic E-state index is 4.38. The second-order valence-electron chi connectivity index (χ2n) is 4.77. The fourth-order valence-corrected chi connectivity index (χ4v) is 3.18. The lowest BCUT2D eigenvalue weighted by molar-refractivity contribution is 0.571. The number of fused-ring (bicyclic) bond motifs is 1. The number of aryl methyl sites for hydroxylation is 1. The highest BCUT2D eigenvalue weighted by molar-refractivity contribution is 14.1. The van der Waals surface area contributed by atoms with Crippen molar-refractivity contribution in [2.75, 3.05) is 5.32 Å². The Hall–Kier alpha value is -1.04. The third-order valence-corrected chi connectivity index (χ3v) is 4.21. The van der Waals surface area contributed by atoms with E-state index >= 15 is 0 Å². The maximum Gasteiger partial charge on any atom is 0.0547 e. The number of halogens is 1. The lowest BCUT2D eigenvalue weighted by Crippen LogP contribution is -2.17. The molecule has 3 rings (SSSR count). The fourth-order valence-electron chi connectivity index (χ4n) is 2.64. The largest absolute Gasteiger partial charge is 0.378 e. The molecule has 94 valence electrons. The van der Waals surface area contributed by atoms with E-state index in [1.165, 1.54) is 33.4 Å². The van der Waals surface area contributed by atoms with Gasteiger partial charge in [-0.15, -0.1) is 0 Å². The summed E-state index contributed by atoms with van der Waals surface area (Å²) in [7, 11) is 2.03. The van der Waals surface area contributed by atoms with Crippen molar-refractivity contribution in [2.45, 2.75) is 25.3 Å². The number of hydrogen-bond donors (Lipinski definition) is 1. The number of hydrogen-bond acceptors (Lipinski definition) is 2. The molecule has 1 aromatic carbocycles. The molecule has 0 amide bonds. The van der Waals surface area contributed by atoms with Crippen molar-refractivity contribution in [2.24, 2.45) is 7.05 Å². The molecule has 3 nitrogen and oxygen atoms in total. The predicted octanol–water partition coefficient (Wildman–Crippen LogP) is 3.51. The molecule has 0 bridgehead atoms. The Labute approximate surface area is 121 Å². The van der Waals surface area contributed by atoms with Crippen molar-refractivity contribution in [1.82, 2.24) is 9.78 Å². The van der Waals surface area contributed by atoms with Crippen LogP contribution in [0.4, 0.5) is 5.69 Å². The monoisotopic (exact) mass is 353 g/mol. The van der Waals surface area contributed by atoms with Crippen LogP contribution in [0.3, 0.4) is 0 Å². The normalized spacial score (nSPS) is 18.4. The Bertz CT molecular complexity index is 562. The van der Waals surface area contributed by atoms with Gasteiger partial charge in [0.05, 0.1) is 12.2 Å². The molecule has 0 saturated heterocycles. The lowest BCUT2D eigenvalue weighted by Gasteiger charge is -2.24. The van der Waals surface area contributed by atoms with Crippen LogP contribution >= 0.6 is 22.6 Å².